The van der Waals surface area contributed by atoms with E-state index in [9.17, 15) is 24.3 Å². The second-order valence-corrected chi connectivity index (χ2v) is 10.2. The molecule has 1 atom stereocenters. The number of aromatic nitrogens is 2. The van der Waals surface area contributed by atoms with E-state index in [0.29, 0.717) is 5.82 Å². The molecule has 0 saturated carbocycles. The van der Waals surface area contributed by atoms with E-state index in [0.717, 1.165) is 22.2 Å². The second-order valence-electron chi connectivity index (χ2n) is 10.2. The third kappa shape index (κ3) is 9.05. The van der Waals surface area contributed by atoms with Crippen LogP contribution in [0.3, 0.4) is 0 Å². The predicted molar refractivity (Wildman–Crippen MR) is 159 cm³/mol. The molecule has 4 rings (SSSR count). The van der Waals surface area contributed by atoms with Gasteiger partial charge >= 0.3 is 18.1 Å². The van der Waals surface area contributed by atoms with Gasteiger partial charge in [0.05, 0.1) is 17.6 Å². The minimum atomic E-state index is -1.39. The Balaban J connectivity index is 1.33. The molecule has 5 N–H and O–H groups in total. The standard InChI is InChI=1S/C31H34N6O6/c1-20(2)33-30(41)37(18-27-34-24-10-6-7-11-25(24)35-27)17-21-12-14-23(15-13-21)28(38)32-16-26(29(39)40)36-31(42)43-19-22-8-4-3-5-9-22/h3-15,20,26H,16-19H2,1-2H3,(H,32,38)(H,33,41)(H,34,35)(H,36,42)(H,39,40)/t26-/m0/s1. The van der Waals surface area contributed by atoms with E-state index in [-0.39, 0.29) is 43.9 Å². The third-order valence-corrected chi connectivity index (χ3v) is 6.34. The van der Waals surface area contributed by atoms with Crippen molar-refractivity contribution in [3.63, 3.8) is 0 Å². The molecular formula is C31H34N6O6. The van der Waals surface area contributed by atoms with E-state index in [4.69, 9.17) is 4.74 Å². The van der Waals surface area contributed by atoms with Crippen LogP contribution in [-0.4, -0.2) is 62.6 Å². The quantitative estimate of drug-likeness (QED) is 0.168. The maximum atomic E-state index is 13.0. The first-order chi connectivity index (χ1) is 20.7. The van der Waals surface area contributed by atoms with Crippen LogP contribution in [0.4, 0.5) is 9.59 Å². The highest BCUT2D eigenvalue weighted by Crippen LogP contribution is 2.15. The summed E-state index contributed by atoms with van der Waals surface area (Å²) in [6, 6.07) is 21.5. The summed E-state index contributed by atoms with van der Waals surface area (Å²) < 4.78 is 5.07. The number of amides is 4. The van der Waals surface area contributed by atoms with Crippen LogP contribution >= 0.6 is 0 Å². The van der Waals surface area contributed by atoms with Crippen molar-refractivity contribution in [3.05, 3.63) is 101 Å². The molecule has 12 nitrogen and oxygen atoms in total. The molecule has 0 bridgehead atoms. The van der Waals surface area contributed by atoms with Gasteiger partial charge in [0.1, 0.15) is 18.5 Å². The fraction of sp³-hybridized carbons (Fsp3) is 0.258. The van der Waals surface area contributed by atoms with Gasteiger partial charge in [-0.2, -0.15) is 0 Å². The predicted octanol–water partition coefficient (Wildman–Crippen LogP) is 3.79. The molecule has 43 heavy (non-hydrogen) atoms. The number of aromatic amines is 1. The Hall–Kier alpha value is -5.39. The molecule has 3 aromatic carbocycles. The molecule has 224 valence electrons. The lowest BCUT2D eigenvalue weighted by Gasteiger charge is -2.23. The highest BCUT2D eigenvalue weighted by atomic mass is 16.5. The molecule has 4 amide bonds. The van der Waals surface area contributed by atoms with Gasteiger partial charge in [-0.05, 0) is 49.2 Å². The number of alkyl carbamates (subject to hydrolysis) is 1. The lowest BCUT2D eigenvalue weighted by atomic mass is 10.1. The number of imidazole rings is 1. The van der Waals surface area contributed by atoms with E-state index >= 15 is 0 Å². The molecule has 4 aromatic rings. The number of benzene rings is 3. The average Bonchev–Trinajstić information content (AvgIpc) is 3.40. The summed E-state index contributed by atoms with van der Waals surface area (Å²) in [5.41, 5.74) is 3.50. The lowest BCUT2D eigenvalue weighted by molar-refractivity contribution is -0.139. The average molecular weight is 587 g/mol. The number of ether oxygens (including phenoxy) is 1. The minimum absolute atomic E-state index is 0.0213. The Morgan fingerprint density at radius 2 is 1.58 bits per heavy atom. The maximum absolute atomic E-state index is 13.0. The van der Waals surface area contributed by atoms with Crippen molar-refractivity contribution in [2.75, 3.05) is 6.54 Å². The number of nitrogens with one attached hydrogen (secondary N) is 4. The summed E-state index contributed by atoms with van der Waals surface area (Å²) in [4.78, 5) is 58.9. The number of para-hydroxylation sites is 2. The molecule has 0 aliphatic rings. The number of carbonyl (C=O) groups is 4. The number of rotatable bonds is 12. The van der Waals surface area contributed by atoms with Crippen molar-refractivity contribution in [3.8, 4) is 0 Å². The van der Waals surface area contributed by atoms with E-state index in [2.05, 4.69) is 25.9 Å². The molecule has 0 fully saturated rings. The van der Waals surface area contributed by atoms with Crippen LogP contribution < -0.4 is 16.0 Å². The molecule has 0 radical (unpaired) electrons. The number of fused-ring (bicyclic) bond motifs is 1. The fourth-order valence-corrected chi connectivity index (χ4v) is 4.18. The smallest absolute Gasteiger partial charge is 0.408 e. The monoisotopic (exact) mass is 586 g/mol. The van der Waals surface area contributed by atoms with Gasteiger partial charge in [-0.15, -0.1) is 0 Å². The van der Waals surface area contributed by atoms with E-state index < -0.39 is 24.0 Å². The topological polar surface area (TPSA) is 166 Å². The summed E-state index contributed by atoms with van der Waals surface area (Å²) in [5, 5.41) is 17.2. The summed E-state index contributed by atoms with van der Waals surface area (Å²) >= 11 is 0. The minimum Gasteiger partial charge on any atom is -0.480 e. The zero-order valence-corrected chi connectivity index (χ0v) is 23.9. The van der Waals surface area contributed by atoms with Crippen molar-refractivity contribution >= 4 is 35.0 Å². The van der Waals surface area contributed by atoms with E-state index in [1.165, 1.54) is 0 Å². The van der Waals surface area contributed by atoms with Gasteiger partial charge in [-0.1, -0.05) is 54.6 Å². The van der Waals surface area contributed by atoms with Crippen molar-refractivity contribution in [1.29, 1.82) is 0 Å². The number of urea groups is 1. The van der Waals surface area contributed by atoms with Crippen LogP contribution in [0.15, 0.2) is 78.9 Å². The van der Waals surface area contributed by atoms with Crippen LogP contribution in [0.25, 0.3) is 11.0 Å². The molecule has 0 aliphatic carbocycles. The van der Waals surface area contributed by atoms with Gasteiger partial charge in [0, 0.05) is 24.7 Å². The van der Waals surface area contributed by atoms with Crippen LogP contribution in [0.5, 0.6) is 0 Å². The molecule has 0 unspecified atom stereocenters. The second kappa shape index (κ2) is 14.5. The largest absolute Gasteiger partial charge is 0.480 e. The Labute approximate surface area is 248 Å². The van der Waals surface area contributed by atoms with Gasteiger partial charge in [0.2, 0.25) is 0 Å². The molecule has 1 aromatic heterocycles. The highest BCUT2D eigenvalue weighted by Gasteiger charge is 2.22. The Kier molecular flexibility index (Phi) is 10.3. The Morgan fingerprint density at radius 1 is 0.884 bits per heavy atom. The van der Waals surface area contributed by atoms with Gasteiger partial charge in [-0.3, -0.25) is 4.79 Å². The SMILES string of the molecule is CC(C)NC(=O)N(Cc1ccc(C(=O)NC[C@H](NC(=O)OCc2ccccc2)C(=O)O)cc1)Cc1nc2ccccc2[nH]1. The number of carboxylic acids is 1. The molecule has 0 spiro atoms. The summed E-state index contributed by atoms with van der Waals surface area (Å²) in [7, 11) is 0. The number of hydrogen-bond donors (Lipinski definition) is 5. The van der Waals surface area contributed by atoms with E-state index in [1.807, 2.05) is 44.2 Å². The van der Waals surface area contributed by atoms with Crippen LogP contribution in [0.2, 0.25) is 0 Å². The lowest BCUT2D eigenvalue weighted by Crippen LogP contribution is -2.48. The highest BCUT2D eigenvalue weighted by molar-refractivity contribution is 5.94. The summed E-state index contributed by atoms with van der Waals surface area (Å²) in [6.45, 7) is 3.88. The van der Waals surface area contributed by atoms with Gasteiger partial charge < -0.3 is 35.7 Å². The first kappa shape index (κ1) is 30.6. The number of aliphatic carboxylic acids is 1. The van der Waals surface area contributed by atoms with Gasteiger partial charge in [-0.25, -0.2) is 19.4 Å². The Bertz CT molecular complexity index is 1520. The van der Waals surface area contributed by atoms with Crippen molar-refractivity contribution in [2.45, 2.75) is 45.6 Å². The number of carbonyl (C=O) groups excluding carboxylic acids is 3. The number of H-pyrrole nitrogens is 1. The third-order valence-electron chi connectivity index (χ3n) is 6.34. The maximum Gasteiger partial charge on any atom is 0.408 e. The van der Waals surface area contributed by atoms with Gasteiger partial charge in [0.15, 0.2) is 0 Å². The number of carboxylic acid groups (broad SMARTS) is 1. The Morgan fingerprint density at radius 3 is 2.26 bits per heavy atom. The fourth-order valence-electron chi connectivity index (χ4n) is 4.18. The zero-order valence-electron chi connectivity index (χ0n) is 23.9. The van der Waals surface area contributed by atoms with Crippen molar-refractivity contribution in [2.24, 2.45) is 0 Å². The molecule has 0 saturated heterocycles. The van der Waals surface area contributed by atoms with Crippen LogP contribution in [0.1, 0.15) is 41.2 Å². The molecule has 12 heteroatoms. The number of nitrogens with zero attached hydrogens (tertiary/aromatic N) is 2. The van der Waals surface area contributed by atoms with E-state index in [1.54, 1.807) is 53.4 Å². The van der Waals surface area contributed by atoms with Crippen LogP contribution in [0, 0.1) is 0 Å². The molecule has 1 heterocycles. The molecule has 0 aliphatic heterocycles. The summed E-state index contributed by atoms with van der Waals surface area (Å²) in [5.74, 6) is -1.20. The normalized spacial score (nSPS) is 11.5. The molecular weight excluding hydrogens is 552 g/mol. The zero-order chi connectivity index (χ0) is 30.8. The van der Waals surface area contributed by atoms with Crippen molar-refractivity contribution < 1.29 is 29.0 Å². The number of hydrogen-bond acceptors (Lipinski definition) is 6. The van der Waals surface area contributed by atoms with Crippen LogP contribution in [-0.2, 0) is 29.2 Å². The van der Waals surface area contributed by atoms with Gasteiger partial charge in [0.25, 0.3) is 5.91 Å². The first-order valence-corrected chi connectivity index (χ1v) is 13.7. The van der Waals surface area contributed by atoms with Crippen molar-refractivity contribution in [1.82, 2.24) is 30.8 Å². The summed E-state index contributed by atoms with van der Waals surface area (Å²) in [6.07, 6.45) is -0.913. The first-order valence-electron chi connectivity index (χ1n) is 13.7.